The van der Waals surface area contributed by atoms with E-state index in [1.54, 1.807) is 23.5 Å². The Morgan fingerprint density at radius 1 is 1.28 bits per heavy atom. The van der Waals surface area contributed by atoms with E-state index in [2.05, 4.69) is 16.4 Å². The van der Waals surface area contributed by atoms with Crippen LogP contribution < -0.4 is 11.1 Å². The molecule has 0 saturated heterocycles. The van der Waals surface area contributed by atoms with Crippen molar-refractivity contribution in [3.8, 4) is 11.5 Å². The van der Waals surface area contributed by atoms with E-state index >= 15 is 0 Å². The van der Waals surface area contributed by atoms with Crippen LogP contribution in [0.3, 0.4) is 0 Å². The number of ether oxygens (including phenoxy) is 1. The monoisotopic (exact) mass is 406 g/mol. The Labute approximate surface area is 170 Å². The first-order valence-corrected chi connectivity index (χ1v) is 10.0. The summed E-state index contributed by atoms with van der Waals surface area (Å²) in [6.45, 7) is 3.48. The number of primary amides is 1. The Morgan fingerprint density at radius 2 is 2.17 bits per heavy atom. The molecule has 0 bridgehead atoms. The number of aryl methyl sites for hydroxylation is 1. The van der Waals surface area contributed by atoms with Gasteiger partial charge in [0.15, 0.2) is 5.82 Å². The number of aromatic nitrogens is 4. The lowest BCUT2D eigenvalue weighted by atomic mass is 10.2. The van der Waals surface area contributed by atoms with E-state index < -0.39 is 5.91 Å². The number of rotatable bonds is 5. The molecule has 0 aliphatic carbocycles. The number of carbonyl (C=O) groups is 1. The molecule has 0 fully saturated rings. The number of imidazole rings is 1. The van der Waals surface area contributed by atoms with Gasteiger partial charge < -0.3 is 15.8 Å². The average molecular weight is 406 g/mol. The fourth-order valence-electron chi connectivity index (χ4n) is 3.53. The van der Waals surface area contributed by atoms with Crippen LogP contribution >= 0.6 is 11.3 Å². The van der Waals surface area contributed by atoms with Gasteiger partial charge in [0.2, 0.25) is 0 Å². The van der Waals surface area contributed by atoms with Crippen molar-refractivity contribution in [3.63, 3.8) is 0 Å². The number of pyridine rings is 1. The van der Waals surface area contributed by atoms with E-state index in [0.29, 0.717) is 36.8 Å². The Bertz CT molecular complexity index is 1230. The van der Waals surface area contributed by atoms with Gasteiger partial charge in [0, 0.05) is 16.6 Å². The predicted molar refractivity (Wildman–Crippen MR) is 110 cm³/mol. The number of nitrogens with one attached hydrogen (secondary N) is 1. The van der Waals surface area contributed by atoms with Crippen LogP contribution in [0.5, 0.6) is 0 Å². The standard InChI is InChI=1S/C20H18N6O2S/c1-11-16(26-6-2-5-13(17(21)27)20(26)23-11)19-24-15-10-28-9-14(15)18(25-19)22-8-12-4-3-7-29-12/h2-7H,8-10H2,1H3,(H2,21,27)(H,22,24,25). The second kappa shape index (κ2) is 6.94. The number of amides is 1. The fraction of sp³-hybridized carbons (Fsp3) is 0.200. The summed E-state index contributed by atoms with van der Waals surface area (Å²) in [7, 11) is 0. The largest absolute Gasteiger partial charge is 0.370 e. The van der Waals surface area contributed by atoms with Crippen LogP contribution in [-0.2, 0) is 24.5 Å². The van der Waals surface area contributed by atoms with Crippen molar-refractivity contribution in [1.82, 2.24) is 19.4 Å². The van der Waals surface area contributed by atoms with Crippen LogP contribution in [0.2, 0.25) is 0 Å². The first-order chi connectivity index (χ1) is 14.1. The third-order valence-electron chi connectivity index (χ3n) is 4.89. The van der Waals surface area contributed by atoms with Crippen molar-refractivity contribution in [2.75, 3.05) is 5.32 Å². The molecule has 3 N–H and O–H groups in total. The highest BCUT2D eigenvalue weighted by atomic mass is 32.1. The molecule has 8 nitrogen and oxygen atoms in total. The quantitative estimate of drug-likeness (QED) is 0.528. The molecule has 9 heteroatoms. The molecule has 4 aromatic heterocycles. The van der Waals surface area contributed by atoms with E-state index in [9.17, 15) is 4.79 Å². The average Bonchev–Trinajstić information content (AvgIpc) is 3.44. The second-order valence-electron chi connectivity index (χ2n) is 6.77. The number of nitrogens with zero attached hydrogens (tertiary/aromatic N) is 4. The summed E-state index contributed by atoms with van der Waals surface area (Å²) in [6.07, 6.45) is 1.84. The van der Waals surface area contributed by atoms with Crippen LogP contribution in [0.1, 0.15) is 32.2 Å². The number of nitrogens with two attached hydrogens (primary N) is 1. The fourth-order valence-corrected chi connectivity index (χ4v) is 4.17. The summed E-state index contributed by atoms with van der Waals surface area (Å²) in [5.41, 5.74) is 9.68. The lowest BCUT2D eigenvalue weighted by Crippen LogP contribution is -2.12. The smallest absolute Gasteiger partial charge is 0.252 e. The molecule has 0 atom stereocenters. The van der Waals surface area contributed by atoms with Crippen molar-refractivity contribution in [2.24, 2.45) is 5.73 Å². The third kappa shape index (κ3) is 3.04. The Kier molecular flexibility index (Phi) is 4.26. The minimum atomic E-state index is -0.520. The molecule has 0 radical (unpaired) electrons. The zero-order chi connectivity index (χ0) is 20.0. The molecule has 0 saturated carbocycles. The molecule has 5 rings (SSSR count). The number of thiophene rings is 1. The molecule has 0 spiro atoms. The van der Waals surface area contributed by atoms with Crippen molar-refractivity contribution in [2.45, 2.75) is 26.7 Å². The summed E-state index contributed by atoms with van der Waals surface area (Å²) in [5, 5.41) is 5.47. The SMILES string of the molecule is Cc1nc2c(C(N)=O)cccn2c1-c1nc2c(c(NCc3cccs3)n1)COC2. The zero-order valence-corrected chi connectivity index (χ0v) is 16.5. The maximum Gasteiger partial charge on any atom is 0.252 e. The highest BCUT2D eigenvalue weighted by Gasteiger charge is 2.24. The van der Waals surface area contributed by atoms with Crippen LogP contribution in [-0.4, -0.2) is 25.3 Å². The molecule has 29 heavy (non-hydrogen) atoms. The van der Waals surface area contributed by atoms with E-state index in [-0.39, 0.29) is 0 Å². The van der Waals surface area contributed by atoms with Gasteiger partial charge in [-0.2, -0.15) is 0 Å². The van der Waals surface area contributed by atoms with Gasteiger partial charge in [-0.25, -0.2) is 15.0 Å². The molecule has 5 heterocycles. The van der Waals surface area contributed by atoms with Crippen molar-refractivity contribution in [3.05, 3.63) is 63.2 Å². The second-order valence-corrected chi connectivity index (χ2v) is 7.80. The normalized spacial score (nSPS) is 13.0. The first-order valence-electron chi connectivity index (χ1n) is 9.13. The summed E-state index contributed by atoms with van der Waals surface area (Å²) in [6, 6.07) is 7.54. The summed E-state index contributed by atoms with van der Waals surface area (Å²) < 4.78 is 7.43. The van der Waals surface area contributed by atoms with Gasteiger partial charge in [-0.15, -0.1) is 11.3 Å². The number of hydrogen-bond donors (Lipinski definition) is 2. The number of anilines is 1. The summed E-state index contributed by atoms with van der Waals surface area (Å²) >= 11 is 1.69. The maximum atomic E-state index is 11.8. The van der Waals surface area contributed by atoms with Gasteiger partial charge in [-0.3, -0.25) is 9.20 Å². The van der Waals surface area contributed by atoms with Gasteiger partial charge in [0.05, 0.1) is 36.7 Å². The lowest BCUT2D eigenvalue weighted by Gasteiger charge is -2.11. The Balaban J connectivity index is 1.63. The van der Waals surface area contributed by atoms with Crippen LogP contribution in [0.25, 0.3) is 17.2 Å². The molecule has 1 aliphatic heterocycles. The van der Waals surface area contributed by atoms with Crippen LogP contribution in [0.4, 0.5) is 5.82 Å². The summed E-state index contributed by atoms with van der Waals surface area (Å²) in [5.74, 6) is 0.777. The van der Waals surface area contributed by atoms with E-state index in [0.717, 1.165) is 28.5 Å². The van der Waals surface area contributed by atoms with Gasteiger partial charge in [0.25, 0.3) is 5.91 Å². The van der Waals surface area contributed by atoms with Crippen molar-refractivity contribution in [1.29, 1.82) is 0 Å². The van der Waals surface area contributed by atoms with Gasteiger partial charge in [-0.05, 0) is 30.5 Å². The van der Waals surface area contributed by atoms with Crippen LogP contribution in [0, 0.1) is 6.92 Å². The van der Waals surface area contributed by atoms with E-state index in [1.807, 2.05) is 29.0 Å². The van der Waals surface area contributed by atoms with E-state index in [1.165, 1.54) is 4.88 Å². The molecule has 0 aromatic carbocycles. The molecular weight excluding hydrogens is 388 g/mol. The molecule has 1 aliphatic rings. The highest BCUT2D eigenvalue weighted by Crippen LogP contribution is 2.30. The predicted octanol–water partition coefficient (Wildman–Crippen LogP) is 2.90. The molecule has 1 amide bonds. The van der Waals surface area contributed by atoms with E-state index in [4.69, 9.17) is 20.4 Å². The van der Waals surface area contributed by atoms with Crippen molar-refractivity contribution >= 4 is 28.7 Å². The lowest BCUT2D eigenvalue weighted by molar-refractivity contribution is 0.100. The molecule has 0 unspecified atom stereocenters. The van der Waals surface area contributed by atoms with Gasteiger partial charge in [-0.1, -0.05) is 6.07 Å². The maximum absolute atomic E-state index is 11.8. The molecule has 4 aromatic rings. The Hall–Kier alpha value is -3.30. The summed E-state index contributed by atoms with van der Waals surface area (Å²) in [4.78, 5) is 27.1. The number of hydrogen-bond acceptors (Lipinski definition) is 7. The van der Waals surface area contributed by atoms with Gasteiger partial charge >= 0.3 is 0 Å². The third-order valence-corrected chi connectivity index (χ3v) is 5.77. The first kappa shape index (κ1) is 17.8. The topological polar surface area (TPSA) is 107 Å². The Morgan fingerprint density at radius 3 is 2.97 bits per heavy atom. The molecular formula is C20H18N6O2S. The minimum absolute atomic E-state index is 0.363. The molecule has 146 valence electrons. The minimum Gasteiger partial charge on any atom is -0.370 e. The highest BCUT2D eigenvalue weighted by molar-refractivity contribution is 7.09. The van der Waals surface area contributed by atoms with Gasteiger partial charge in [0.1, 0.15) is 17.2 Å². The van der Waals surface area contributed by atoms with Crippen molar-refractivity contribution < 1.29 is 9.53 Å². The number of fused-ring (bicyclic) bond motifs is 2. The zero-order valence-electron chi connectivity index (χ0n) is 15.7. The number of carbonyl (C=O) groups excluding carboxylic acids is 1. The van der Waals surface area contributed by atoms with Crippen LogP contribution in [0.15, 0.2) is 35.8 Å².